The van der Waals surface area contributed by atoms with E-state index in [4.69, 9.17) is 4.74 Å². The predicted molar refractivity (Wildman–Crippen MR) is 99.2 cm³/mol. The number of hydrazone groups is 1. The predicted octanol–water partition coefficient (Wildman–Crippen LogP) is 3.74. The highest BCUT2D eigenvalue weighted by Gasteiger charge is 2.05. The van der Waals surface area contributed by atoms with Crippen molar-refractivity contribution in [2.45, 2.75) is 33.1 Å². The molecular weight excluding hydrogens is 316 g/mol. The van der Waals surface area contributed by atoms with Crippen LogP contribution in [0.3, 0.4) is 0 Å². The monoisotopic (exact) mass is 340 g/mol. The Balaban J connectivity index is 1.82. The summed E-state index contributed by atoms with van der Waals surface area (Å²) in [5.74, 6) is 0.892. The summed E-state index contributed by atoms with van der Waals surface area (Å²) in [6.07, 6.45) is 2.48. The van der Waals surface area contributed by atoms with Crippen LogP contribution in [0.15, 0.2) is 47.6 Å². The zero-order chi connectivity index (χ0) is 18.2. The minimum absolute atomic E-state index is 0.112. The van der Waals surface area contributed by atoms with Crippen molar-refractivity contribution in [3.63, 3.8) is 0 Å². The molecule has 0 heterocycles. The van der Waals surface area contributed by atoms with Gasteiger partial charge in [-0.25, -0.2) is 5.43 Å². The zero-order valence-corrected chi connectivity index (χ0v) is 14.8. The number of aromatic hydroxyl groups is 1. The third-order valence-corrected chi connectivity index (χ3v) is 4.01. The van der Waals surface area contributed by atoms with Gasteiger partial charge >= 0.3 is 0 Å². The van der Waals surface area contributed by atoms with Crippen LogP contribution in [0.1, 0.15) is 42.9 Å². The lowest BCUT2D eigenvalue weighted by Crippen LogP contribution is -2.24. The second kappa shape index (κ2) is 8.87. The summed E-state index contributed by atoms with van der Waals surface area (Å²) in [6.45, 7) is 6.11. The summed E-state index contributed by atoms with van der Waals surface area (Å²) < 4.78 is 5.45. The first-order chi connectivity index (χ1) is 12.0. The molecule has 0 saturated heterocycles. The van der Waals surface area contributed by atoms with E-state index in [0.717, 1.165) is 12.0 Å². The third kappa shape index (κ3) is 5.64. The fraction of sp³-hybridized carbons (Fsp3) is 0.300. The molecule has 2 N–H and O–H groups in total. The van der Waals surface area contributed by atoms with Crippen LogP contribution < -0.4 is 10.2 Å². The fourth-order valence-corrected chi connectivity index (χ4v) is 2.26. The molecule has 0 aliphatic rings. The van der Waals surface area contributed by atoms with Crippen molar-refractivity contribution in [1.29, 1.82) is 0 Å². The van der Waals surface area contributed by atoms with Gasteiger partial charge in [0, 0.05) is 5.56 Å². The lowest BCUT2D eigenvalue weighted by atomic mass is 9.99. The number of carbonyl (C=O) groups is 1. The maximum atomic E-state index is 11.8. The number of aryl methyl sites for hydroxylation is 1. The third-order valence-electron chi connectivity index (χ3n) is 4.01. The Kier molecular flexibility index (Phi) is 6.57. The van der Waals surface area contributed by atoms with Gasteiger partial charge in [0.25, 0.3) is 5.91 Å². The number of rotatable bonds is 7. The van der Waals surface area contributed by atoms with Crippen LogP contribution in [0, 0.1) is 6.92 Å². The first-order valence-corrected chi connectivity index (χ1v) is 8.34. The topological polar surface area (TPSA) is 70.9 Å². The highest BCUT2D eigenvalue weighted by atomic mass is 16.5. The number of benzene rings is 2. The van der Waals surface area contributed by atoms with Crippen molar-refractivity contribution in [3.05, 3.63) is 59.2 Å². The quantitative estimate of drug-likeness (QED) is 0.596. The molecule has 25 heavy (non-hydrogen) atoms. The standard InChI is InChI=1S/C20H24N2O3/c1-4-15(3)16-6-8-18(9-7-16)25-13-20(24)22-21-12-17-11-14(2)5-10-19(17)23/h5-12,15,23H,4,13H2,1-3H3,(H,22,24). The maximum absolute atomic E-state index is 11.8. The van der Waals surface area contributed by atoms with Gasteiger partial charge < -0.3 is 9.84 Å². The Bertz CT molecular complexity index is 739. The van der Waals surface area contributed by atoms with E-state index in [9.17, 15) is 9.90 Å². The van der Waals surface area contributed by atoms with Crippen molar-refractivity contribution in [2.75, 3.05) is 6.61 Å². The smallest absolute Gasteiger partial charge is 0.277 e. The van der Waals surface area contributed by atoms with Gasteiger partial charge in [-0.05, 0) is 49.1 Å². The molecule has 1 amide bonds. The van der Waals surface area contributed by atoms with E-state index in [1.165, 1.54) is 11.8 Å². The molecule has 5 heteroatoms. The number of ether oxygens (including phenoxy) is 1. The average molecular weight is 340 g/mol. The number of hydrogen-bond acceptors (Lipinski definition) is 4. The number of nitrogens with zero attached hydrogens (tertiary/aromatic N) is 1. The van der Waals surface area contributed by atoms with Crippen LogP contribution in [0.2, 0.25) is 0 Å². The normalized spacial score (nSPS) is 12.1. The van der Waals surface area contributed by atoms with E-state index in [-0.39, 0.29) is 18.3 Å². The van der Waals surface area contributed by atoms with E-state index in [1.807, 2.05) is 31.2 Å². The molecule has 5 nitrogen and oxygen atoms in total. The number of carbonyl (C=O) groups excluding carboxylic acids is 1. The van der Waals surface area contributed by atoms with Gasteiger partial charge in [-0.15, -0.1) is 0 Å². The lowest BCUT2D eigenvalue weighted by molar-refractivity contribution is -0.123. The Hall–Kier alpha value is -2.82. The van der Waals surface area contributed by atoms with E-state index in [0.29, 0.717) is 17.2 Å². The van der Waals surface area contributed by atoms with Crippen LogP contribution in [0.5, 0.6) is 11.5 Å². The molecule has 0 spiro atoms. The SMILES string of the molecule is CCC(C)c1ccc(OCC(=O)NN=Cc2cc(C)ccc2O)cc1. The molecule has 1 unspecified atom stereocenters. The van der Waals surface area contributed by atoms with Crippen LogP contribution in [-0.2, 0) is 4.79 Å². The van der Waals surface area contributed by atoms with Crippen molar-refractivity contribution in [1.82, 2.24) is 5.43 Å². The van der Waals surface area contributed by atoms with E-state index in [2.05, 4.69) is 24.4 Å². The molecule has 1 atom stereocenters. The Morgan fingerprint density at radius 2 is 2.00 bits per heavy atom. The highest BCUT2D eigenvalue weighted by Crippen LogP contribution is 2.21. The van der Waals surface area contributed by atoms with E-state index < -0.39 is 0 Å². The summed E-state index contributed by atoms with van der Waals surface area (Å²) in [7, 11) is 0. The van der Waals surface area contributed by atoms with Gasteiger partial charge in [-0.1, -0.05) is 37.6 Å². The number of hydrogen-bond donors (Lipinski definition) is 2. The summed E-state index contributed by atoms with van der Waals surface area (Å²) in [6, 6.07) is 12.9. The molecule has 0 aliphatic heterocycles. The number of phenols is 1. The number of amides is 1. The van der Waals surface area contributed by atoms with Gasteiger partial charge in [-0.2, -0.15) is 5.10 Å². The second-order valence-electron chi connectivity index (χ2n) is 6.02. The van der Waals surface area contributed by atoms with Gasteiger partial charge in [0.05, 0.1) is 6.21 Å². The molecule has 0 saturated carbocycles. The second-order valence-corrected chi connectivity index (χ2v) is 6.02. The van der Waals surface area contributed by atoms with Gasteiger partial charge in [0.1, 0.15) is 11.5 Å². The molecule has 0 radical (unpaired) electrons. The van der Waals surface area contributed by atoms with Crippen molar-refractivity contribution in [3.8, 4) is 11.5 Å². The van der Waals surface area contributed by atoms with E-state index in [1.54, 1.807) is 18.2 Å². The molecule has 2 aromatic rings. The molecule has 132 valence electrons. The molecule has 0 aliphatic carbocycles. The maximum Gasteiger partial charge on any atom is 0.277 e. The first-order valence-electron chi connectivity index (χ1n) is 8.34. The van der Waals surface area contributed by atoms with Crippen molar-refractivity contribution >= 4 is 12.1 Å². The fourth-order valence-electron chi connectivity index (χ4n) is 2.26. The molecule has 2 aromatic carbocycles. The summed E-state index contributed by atoms with van der Waals surface area (Å²) >= 11 is 0. The Morgan fingerprint density at radius 3 is 2.68 bits per heavy atom. The van der Waals surface area contributed by atoms with E-state index >= 15 is 0 Å². The van der Waals surface area contributed by atoms with Gasteiger partial charge in [0.2, 0.25) is 0 Å². The first kappa shape index (κ1) is 18.5. The zero-order valence-electron chi connectivity index (χ0n) is 14.8. The van der Waals surface area contributed by atoms with Crippen LogP contribution >= 0.6 is 0 Å². The molecule has 2 rings (SSSR count). The Labute approximate surface area is 148 Å². The molecule has 0 bridgehead atoms. The number of nitrogens with one attached hydrogen (secondary N) is 1. The van der Waals surface area contributed by atoms with Crippen LogP contribution in [-0.4, -0.2) is 23.8 Å². The molecule has 0 aromatic heterocycles. The summed E-state index contributed by atoms with van der Waals surface area (Å²) in [5, 5.41) is 13.5. The van der Waals surface area contributed by atoms with Gasteiger partial charge in [-0.3, -0.25) is 4.79 Å². The minimum atomic E-state index is -0.366. The van der Waals surface area contributed by atoms with Crippen LogP contribution in [0.25, 0.3) is 0 Å². The average Bonchev–Trinajstić information content (AvgIpc) is 2.62. The lowest BCUT2D eigenvalue weighted by Gasteiger charge is -2.10. The largest absolute Gasteiger partial charge is 0.507 e. The van der Waals surface area contributed by atoms with Crippen molar-refractivity contribution in [2.24, 2.45) is 5.10 Å². The summed E-state index contributed by atoms with van der Waals surface area (Å²) in [5.41, 5.74) is 5.17. The molecule has 0 fully saturated rings. The Morgan fingerprint density at radius 1 is 1.28 bits per heavy atom. The highest BCUT2D eigenvalue weighted by molar-refractivity contribution is 5.85. The minimum Gasteiger partial charge on any atom is -0.507 e. The molecular formula is C20H24N2O3. The van der Waals surface area contributed by atoms with Crippen LogP contribution in [0.4, 0.5) is 0 Å². The summed E-state index contributed by atoms with van der Waals surface area (Å²) in [4.78, 5) is 11.8. The number of phenolic OH excluding ortho intramolecular Hbond substituents is 1. The van der Waals surface area contributed by atoms with Gasteiger partial charge in [0.15, 0.2) is 6.61 Å². The van der Waals surface area contributed by atoms with Crippen molar-refractivity contribution < 1.29 is 14.6 Å².